The Kier molecular flexibility index (Phi) is 8.56. The number of nitrogens with one attached hydrogen (secondary N) is 1. The van der Waals surface area contributed by atoms with E-state index in [9.17, 15) is 36.3 Å². The van der Waals surface area contributed by atoms with Crippen LogP contribution in [-0.2, 0) is 15.8 Å². The van der Waals surface area contributed by atoms with Crippen molar-refractivity contribution in [1.29, 1.82) is 0 Å². The summed E-state index contributed by atoms with van der Waals surface area (Å²) in [5.74, 6) is -8.71. The zero-order valence-electron chi connectivity index (χ0n) is 20.3. The molecule has 0 bridgehead atoms. The Bertz CT molecular complexity index is 1310. The number of amides is 3. The summed E-state index contributed by atoms with van der Waals surface area (Å²) in [4.78, 5) is 37.1. The first-order chi connectivity index (χ1) is 18.1. The molecule has 0 unspecified atom stereocenters. The van der Waals surface area contributed by atoms with E-state index < -0.39 is 90.2 Å². The maximum atomic E-state index is 15.2. The number of carbonyl (C=O) groups excluding carboxylic acids is 3. The molecular formula is C25H22F7N3O4. The fourth-order valence-corrected chi connectivity index (χ4v) is 3.80. The van der Waals surface area contributed by atoms with Crippen LogP contribution in [-0.4, -0.2) is 49.5 Å². The highest BCUT2D eigenvalue weighted by Crippen LogP contribution is 2.44. The Balaban J connectivity index is 2.11. The van der Waals surface area contributed by atoms with Gasteiger partial charge in [-0.3, -0.25) is 14.4 Å². The maximum absolute atomic E-state index is 15.2. The molecule has 3 N–H and O–H groups in total. The zero-order valence-corrected chi connectivity index (χ0v) is 20.3. The van der Waals surface area contributed by atoms with Gasteiger partial charge in [0.15, 0.2) is 0 Å². The molecule has 0 saturated carbocycles. The third-order valence-electron chi connectivity index (χ3n) is 5.55. The first kappa shape index (κ1) is 29.5. The summed E-state index contributed by atoms with van der Waals surface area (Å²) in [6.07, 6.45) is -7.30. The Labute approximate surface area is 217 Å². The second-order valence-electron chi connectivity index (χ2n) is 8.61. The second-order valence-corrected chi connectivity index (χ2v) is 8.61. The third kappa shape index (κ3) is 7.06. The molecule has 39 heavy (non-hydrogen) atoms. The van der Waals surface area contributed by atoms with Gasteiger partial charge < -0.3 is 20.7 Å². The first-order valence-electron chi connectivity index (χ1n) is 11.4. The Morgan fingerprint density at radius 1 is 1.18 bits per heavy atom. The Morgan fingerprint density at radius 3 is 2.49 bits per heavy atom. The molecule has 0 fully saturated rings. The summed E-state index contributed by atoms with van der Waals surface area (Å²) < 4.78 is 104. The van der Waals surface area contributed by atoms with E-state index in [1.165, 1.54) is 0 Å². The molecule has 1 heterocycles. The van der Waals surface area contributed by atoms with Crippen LogP contribution in [0.5, 0.6) is 5.75 Å². The number of hydrogen-bond acceptors (Lipinski definition) is 4. The second kappa shape index (κ2) is 11.3. The summed E-state index contributed by atoms with van der Waals surface area (Å²) in [6, 6.07) is 4.60. The van der Waals surface area contributed by atoms with Gasteiger partial charge in [-0.05, 0) is 43.3 Å². The molecule has 0 aromatic heterocycles. The lowest BCUT2D eigenvalue weighted by molar-refractivity contribution is -0.138. The molecule has 3 rings (SSSR count). The molecule has 3 amide bonds. The van der Waals surface area contributed by atoms with Gasteiger partial charge in [-0.1, -0.05) is 0 Å². The number of rotatable bonds is 7. The van der Waals surface area contributed by atoms with Crippen molar-refractivity contribution < 1.29 is 49.9 Å². The highest BCUT2D eigenvalue weighted by molar-refractivity contribution is 6.10. The van der Waals surface area contributed by atoms with Crippen molar-refractivity contribution in [3.8, 4) is 5.75 Å². The average Bonchev–Trinajstić information content (AvgIpc) is 2.94. The number of nitrogens with two attached hydrogens (primary N) is 1. The number of carbonyl (C=O) groups is 3. The lowest BCUT2D eigenvalue weighted by Gasteiger charge is -2.25. The topological polar surface area (TPSA) is 102 Å². The molecule has 0 saturated heterocycles. The van der Waals surface area contributed by atoms with E-state index >= 15 is 8.78 Å². The first-order valence-corrected chi connectivity index (χ1v) is 11.4. The molecule has 0 aliphatic carbocycles. The zero-order chi connectivity index (χ0) is 29.1. The van der Waals surface area contributed by atoms with Crippen molar-refractivity contribution >= 4 is 29.0 Å². The summed E-state index contributed by atoms with van der Waals surface area (Å²) >= 11 is 0. The van der Waals surface area contributed by atoms with Crippen LogP contribution in [0.25, 0.3) is 5.57 Å². The predicted octanol–water partition coefficient (Wildman–Crippen LogP) is 4.25. The molecule has 2 aromatic carbocycles. The monoisotopic (exact) mass is 561 g/mol. The standard InChI is InChI=1S/C25H22F7N3O4/c1-13(26)12-39-15-3-4-16(19(9-15)25(30,31)32)23(38)35-7-6-24(28,29)18(10-22(37)34-11-21(33)36)17-8-14(27)2-5-20(17)35/h2-5,8-10,13H,6-7,11-12H2,1H3,(H2,33,36)(H,34,37)/t13-/m1/s1. The lowest BCUT2D eigenvalue weighted by atomic mass is 9.96. The minimum Gasteiger partial charge on any atom is -0.491 e. The summed E-state index contributed by atoms with van der Waals surface area (Å²) in [7, 11) is 0. The number of halogens is 7. The van der Waals surface area contributed by atoms with Gasteiger partial charge in [0, 0.05) is 30.2 Å². The van der Waals surface area contributed by atoms with Crippen LogP contribution in [0, 0.1) is 5.82 Å². The molecule has 2 aromatic rings. The van der Waals surface area contributed by atoms with E-state index in [1.807, 2.05) is 5.32 Å². The van der Waals surface area contributed by atoms with Crippen LogP contribution in [0.3, 0.4) is 0 Å². The van der Waals surface area contributed by atoms with Gasteiger partial charge in [0.2, 0.25) is 11.8 Å². The highest BCUT2D eigenvalue weighted by atomic mass is 19.4. The molecule has 14 heteroatoms. The maximum Gasteiger partial charge on any atom is 0.417 e. The lowest BCUT2D eigenvalue weighted by Crippen LogP contribution is -2.34. The van der Waals surface area contributed by atoms with E-state index in [0.29, 0.717) is 23.1 Å². The molecule has 1 aliphatic heterocycles. The number of fused-ring (bicyclic) bond motifs is 1. The fraction of sp³-hybridized carbons (Fsp3) is 0.320. The normalized spacial score (nSPS) is 16.7. The molecule has 7 nitrogen and oxygen atoms in total. The summed E-state index contributed by atoms with van der Waals surface area (Å²) in [6.45, 7) is -0.909. The quantitative estimate of drug-likeness (QED) is 0.390. The smallest absolute Gasteiger partial charge is 0.417 e. The SMILES string of the molecule is C[C@@H](F)COc1ccc(C(=O)N2CCC(F)(F)C(=CC(=O)NCC(N)=O)c3cc(F)ccc32)c(C(F)(F)F)c1. The number of allylic oxidation sites excluding steroid dienone is 1. The van der Waals surface area contributed by atoms with Gasteiger partial charge in [-0.15, -0.1) is 0 Å². The van der Waals surface area contributed by atoms with Crippen molar-refractivity contribution in [3.05, 3.63) is 65.0 Å². The van der Waals surface area contributed by atoms with Crippen molar-refractivity contribution in [2.24, 2.45) is 5.73 Å². The van der Waals surface area contributed by atoms with Gasteiger partial charge >= 0.3 is 6.18 Å². The van der Waals surface area contributed by atoms with Gasteiger partial charge in [-0.25, -0.2) is 17.6 Å². The minimum absolute atomic E-state index is 0.375. The van der Waals surface area contributed by atoms with Crippen LogP contribution in [0.4, 0.5) is 36.4 Å². The Hall–Kier alpha value is -4.10. The van der Waals surface area contributed by atoms with Gasteiger partial charge in [-0.2, -0.15) is 13.2 Å². The van der Waals surface area contributed by atoms with E-state index in [2.05, 4.69) is 0 Å². The third-order valence-corrected chi connectivity index (χ3v) is 5.55. The largest absolute Gasteiger partial charge is 0.491 e. The fourth-order valence-electron chi connectivity index (χ4n) is 3.80. The van der Waals surface area contributed by atoms with Crippen LogP contribution in [0.2, 0.25) is 0 Å². The number of nitrogens with zero attached hydrogens (tertiary/aromatic N) is 1. The Morgan fingerprint density at radius 2 is 1.87 bits per heavy atom. The molecule has 0 radical (unpaired) electrons. The number of primary amides is 1. The molecule has 0 spiro atoms. The predicted molar refractivity (Wildman–Crippen MR) is 125 cm³/mol. The molecule has 1 aliphatic rings. The van der Waals surface area contributed by atoms with E-state index in [0.717, 1.165) is 31.2 Å². The molecular weight excluding hydrogens is 539 g/mol. The summed E-state index contributed by atoms with van der Waals surface area (Å²) in [5, 5.41) is 1.98. The molecule has 1 atom stereocenters. The van der Waals surface area contributed by atoms with E-state index in [1.54, 1.807) is 0 Å². The van der Waals surface area contributed by atoms with Crippen molar-refractivity contribution in [2.75, 3.05) is 24.6 Å². The van der Waals surface area contributed by atoms with Crippen molar-refractivity contribution in [3.63, 3.8) is 0 Å². The van der Waals surface area contributed by atoms with Crippen LogP contribution >= 0.6 is 0 Å². The van der Waals surface area contributed by atoms with Gasteiger partial charge in [0.25, 0.3) is 11.8 Å². The van der Waals surface area contributed by atoms with E-state index in [-0.39, 0.29) is 11.4 Å². The number of alkyl halides is 6. The highest BCUT2D eigenvalue weighted by Gasteiger charge is 2.43. The van der Waals surface area contributed by atoms with Crippen molar-refractivity contribution in [1.82, 2.24) is 5.32 Å². The van der Waals surface area contributed by atoms with Crippen LogP contribution in [0.1, 0.15) is 34.8 Å². The van der Waals surface area contributed by atoms with Crippen LogP contribution in [0.15, 0.2) is 42.5 Å². The van der Waals surface area contributed by atoms with Crippen molar-refractivity contribution in [2.45, 2.75) is 31.6 Å². The average molecular weight is 561 g/mol. The van der Waals surface area contributed by atoms with E-state index in [4.69, 9.17) is 10.5 Å². The minimum atomic E-state index is -5.09. The summed E-state index contributed by atoms with van der Waals surface area (Å²) in [5.41, 5.74) is 0.512. The van der Waals surface area contributed by atoms with Crippen LogP contribution < -0.4 is 20.7 Å². The number of anilines is 1. The number of hydrogen-bond donors (Lipinski definition) is 2. The number of benzene rings is 2. The van der Waals surface area contributed by atoms with Gasteiger partial charge in [0.1, 0.15) is 24.3 Å². The van der Waals surface area contributed by atoms with Gasteiger partial charge in [0.05, 0.1) is 23.4 Å². The molecule has 210 valence electrons. The number of ether oxygens (including phenoxy) is 1.